The van der Waals surface area contributed by atoms with Crippen LogP contribution < -0.4 is 15.6 Å². The molecule has 0 spiro atoms. The lowest BCUT2D eigenvalue weighted by molar-refractivity contribution is 0.1000. The summed E-state index contributed by atoms with van der Waals surface area (Å²) >= 11 is 1.83. The molecule has 1 saturated heterocycles. The maximum Gasteiger partial charge on any atom is 0.258 e. The van der Waals surface area contributed by atoms with Gasteiger partial charge in [-0.2, -0.15) is 11.8 Å². The second-order valence-electron chi connectivity index (χ2n) is 6.69. The Balaban J connectivity index is 1.56. The maximum absolute atomic E-state index is 12.5. The Labute approximate surface area is 167 Å². The molecule has 0 saturated carbocycles. The lowest BCUT2D eigenvalue weighted by Gasteiger charge is -2.21. The summed E-state index contributed by atoms with van der Waals surface area (Å²) in [6.45, 7) is 1.63. The van der Waals surface area contributed by atoms with Gasteiger partial charge in [-0.1, -0.05) is 12.1 Å². The van der Waals surface area contributed by atoms with Crippen molar-refractivity contribution in [1.29, 1.82) is 0 Å². The number of nitrogens with one attached hydrogen (secondary N) is 2. The van der Waals surface area contributed by atoms with Crippen LogP contribution in [0, 0.1) is 0 Å². The van der Waals surface area contributed by atoms with E-state index in [4.69, 9.17) is 9.47 Å². The Morgan fingerprint density at radius 3 is 2.89 bits per heavy atom. The summed E-state index contributed by atoms with van der Waals surface area (Å²) in [4.78, 5) is 20.1. The minimum atomic E-state index is -0.101. The van der Waals surface area contributed by atoms with Crippen molar-refractivity contribution in [1.82, 2.24) is 9.97 Å². The molecule has 2 heterocycles. The number of thioether (sulfide) groups is 1. The highest BCUT2D eigenvalue weighted by Gasteiger charge is 2.15. The largest absolute Gasteiger partial charge is 0.495 e. The third-order valence-electron chi connectivity index (χ3n) is 4.77. The molecule has 1 fully saturated rings. The Hall–Kier alpha value is -2.51. The summed E-state index contributed by atoms with van der Waals surface area (Å²) in [6.07, 6.45) is 2.10. The number of aromatic amines is 1. The van der Waals surface area contributed by atoms with Crippen molar-refractivity contribution in [3.05, 3.63) is 58.6 Å². The Morgan fingerprint density at radius 2 is 2.07 bits per heavy atom. The van der Waals surface area contributed by atoms with Gasteiger partial charge in [0.2, 0.25) is 0 Å². The molecule has 0 amide bonds. The number of anilines is 2. The van der Waals surface area contributed by atoms with Crippen molar-refractivity contribution in [2.24, 2.45) is 0 Å². The fourth-order valence-electron chi connectivity index (χ4n) is 3.28. The number of hydrogen-bond donors (Lipinski definition) is 2. The van der Waals surface area contributed by atoms with Crippen LogP contribution in [0.4, 0.5) is 11.4 Å². The number of aromatic nitrogens is 2. The van der Waals surface area contributed by atoms with E-state index in [0.717, 1.165) is 43.2 Å². The van der Waals surface area contributed by atoms with Crippen molar-refractivity contribution < 1.29 is 9.47 Å². The molecule has 1 aliphatic rings. The smallest absolute Gasteiger partial charge is 0.258 e. The van der Waals surface area contributed by atoms with E-state index in [1.54, 1.807) is 13.2 Å². The molecule has 6 nitrogen and oxygen atoms in total. The third-order valence-corrected chi connectivity index (χ3v) is 6.15. The topological polar surface area (TPSA) is 76.2 Å². The number of nitrogens with zero attached hydrogens (tertiary/aromatic N) is 1. The zero-order chi connectivity index (χ0) is 19.3. The Kier molecular flexibility index (Phi) is 5.83. The summed E-state index contributed by atoms with van der Waals surface area (Å²) in [6, 6.07) is 13.3. The maximum atomic E-state index is 12.5. The molecular weight excluding hydrogens is 374 g/mol. The molecule has 0 unspecified atom stereocenters. The molecule has 1 aliphatic heterocycles. The van der Waals surface area contributed by atoms with Crippen LogP contribution in [-0.4, -0.2) is 35.5 Å². The van der Waals surface area contributed by atoms with Crippen LogP contribution in [-0.2, 0) is 10.5 Å². The second kappa shape index (κ2) is 8.67. The van der Waals surface area contributed by atoms with Crippen LogP contribution >= 0.6 is 11.8 Å². The number of benzene rings is 2. The van der Waals surface area contributed by atoms with E-state index < -0.39 is 0 Å². The monoisotopic (exact) mass is 397 g/mol. The predicted molar refractivity (Wildman–Crippen MR) is 114 cm³/mol. The summed E-state index contributed by atoms with van der Waals surface area (Å²) < 4.78 is 10.8. The lowest BCUT2D eigenvalue weighted by Crippen LogP contribution is -2.18. The molecule has 146 valence electrons. The van der Waals surface area contributed by atoms with E-state index in [1.165, 1.54) is 0 Å². The first-order valence-electron chi connectivity index (χ1n) is 9.35. The Bertz CT molecular complexity index is 1020. The van der Waals surface area contributed by atoms with Crippen LogP contribution in [0.1, 0.15) is 18.7 Å². The van der Waals surface area contributed by atoms with Gasteiger partial charge in [0.15, 0.2) is 0 Å². The number of H-pyrrole nitrogens is 1. The van der Waals surface area contributed by atoms with Gasteiger partial charge in [0.1, 0.15) is 11.6 Å². The van der Waals surface area contributed by atoms with Crippen molar-refractivity contribution in [2.75, 3.05) is 25.6 Å². The van der Waals surface area contributed by atoms with Crippen LogP contribution in [0.2, 0.25) is 0 Å². The number of fused-ring (bicyclic) bond motifs is 1. The average Bonchev–Trinajstić information content (AvgIpc) is 2.73. The van der Waals surface area contributed by atoms with E-state index in [2.05, 4.69) is 15.3 Å². The lowest BCUT2D eigenvalue weighted by atomic mass is 10.2. The van der Waals surface area contributed by atoms with Gasteiger partial charge in [-0.25, -0.2) is 4.98 Å². The molecule has 0 radical (unpaired) electrons. The fourth-order valence-corrected chi connectivity index (χ4v) is 4.33. The molecule has 1 aromatic heterocycles. The van der Waals surface area contributed by atoms with Crippen molar-refractivity contribution in [3.63, 3.8) is 0 Å². The SMILES string of the molecule is COc1ccccc1Nc1ccc2c(=O)[nH]c(CSC3CCOCC3)nc2c1. The highest BCUT2D eigenvalue weighted by atomic mass is 32.2. The summed E-state index contributed by atoms with van der Waals surface area (Å²) in [5.74, 6) is 2.17. The summed E-state index contributed by atoms with van der Waals surface area (Å²) in [7, 11) is 1.64. The number of hydrogen-bond acceptors (Lipinski definition) is 6. The van der Waals surface area contributed by atoms with Crippen molar-refractivity contribution >= 4 is 34.0 Å². The number of ether oxygens (including phenoxy) is 2. The van der Waals surface area contributed by atoms with E-state index in [-0.39, 0.29) is 5.56 Å². The van der Waals surface area contributed by atoms with Crippen LogP contribution in [0.15, 0.2) is 47.3 Å². The van der Waals surface area contributed by atoms with E-state index in [0.29, 0.717) is 27.7 Å². The molecule has 3 aromatic rings. The second-order valence-corrected chi connectivity index (χ2v) is 7.98. The molecule has 0 bridgehead atoms. The van der Waals surface area contributed by atoms with Crippen LogP contribution in [0.5, 0.6) is 5.75 Å². The number of para-hydroxylation sites is 2. The Morgan fingerprint density at radius 1 is 1.25 bits per heavy atom. The molecule has 2 N–H and O–H groups in total. The standard InChI is InChI=1S/C21H23N3O3S/c1-26-19-5-3-2-4-17(19)22-14-6-7-16-18(12-14)23-20(24-21(16)25)13-28-15-8-10-27-11-9-15/h2-7,12,15,22H,8-11,13H2,1H3,(H,23,24,25). The quantitative estimate of drug-likeness (QED) is 0.653. The number of rotatable bonds is 6. The molecule has 0 aliphatic carbocycles. The molecule has 28 heavy (non-hydrogen) atoms. The van der Waals surface area contributed by atoms with E-state index >= 15 is 0 Å². The highest BCUT2D eigenvalue weighted by molar-refractivity contribution is 7.99. The van der Waals surface area contributed by atoms with E-state index in [9.17, 15) is 4.79 Å². The van der Waals surface area contributed by atoms with Gasteiger partial charge < -0.3 is 19.8 Å². The molecular formula is C21H23N3O3S. The first-order chi connectivity index (χ1) is 13.7. The van der Waals surface area contributed by atoms with Gasteiger partial charge in [-0.15, -0.1) is 0 Å². The average molecular weight is 398 g/mol. The van der Waals surface area contributed by atoms with Gasteiger partial charge in [-0.3, -0.25) is 4.79 Å². The van der Waals surface area contributed by atoms with Gasteiger partial charge in [0.25, 0.3) is 5.56 Å². The van der Waals surface area contributed by atoms with Crippen molar-refractivity contribution in [3.8, 4) is 5.75 Å². The van der Waals surface area contributed by atoms with Gasteiger partial charge in [-0.05, 0) is 43.2 Å². The zero-order valence-corrected chi connectivity index (χ0v) is 16.6. The van der Waals surface area contributed by atoms with Crippen molar-refractivity contribution in [2.45, 2.75) is 23.8 Å². The van der Waals surface area contributed by atoms with Gasteiger partial charge in [0.05, 0.1) is 29.5 Å². The minimum Gasteiger partial charge on any atom is -0.495 e. The summed E-state index contributed by atoms with van der Waals surface area (Å²) in [5.41, 5.74) is 2.31. The third kappa shape index (κ3) is 4.31. The molecule has 2 aromatic carbocycles. The van der Waals surface area contributed by atoms with Crippen LogP contribution in [0.3, 0.4) is 0 Å². The first kappa shape index (κ1) is 18.8. The summed E-state index contributed by atoms with van der Waals surface area (Å²) in [5, 5.41) is 4.49. The van der Waals surface area contributed by atoms with Gasteiger partial charge in [0, 0.05) is 24.2 Å². The normalized spacial score (nSPS) is 14.9. The minimum absolute atomic E-state index is 0.101. The van der Waals surface area contributed by atoms with Gasteiger partial charge >= 0.3 is 0 Å². The first-order valence-corrected chi connectivity index (χ1v) is 10.4. The molecule has 0 atom stereocenters. The van der Waals surface area contributed by atoms with Crippen LogP contribution in [0.25, 0.3) is 10.9 Å². The van der Waals surface area contributed by atoms with E-state index in [1.807, 2.05) is 48.2 Å². The predicted octanol–water partition coefficient (Wildman–Crippen LogP) is 4.09. The fraction of sp³-hybridized carbons (Fsp3) is 0.333. The molecule has 4 rings (SSSR count). The molecule has 7 heteroatoms. The number of methoxy groups -OCH3 is 1. The highest BCUT2D eigenvalue weighted by Crippen LogP contribution is 2.28. The zero-order valence-electron chi connectivity index (χ0n) is 15.7.